The fourth-order valence-electron chi connectivity index (χ4n) is 4.86. The zero-order valence-electron chi connectivity index (χ0n) is 26.0. The Morgan fingerprint density at radius 1 is 0.727 bits per heavy atom. The highest BCUT2D eigenvalue weighted by Crippen LogP contribution is 2.25. The molecule has 0 fully saturated rings. The van der Waals surface area contributed by atoms with Crippen LogP contribution in [0.1, 0.15) is 43.0 Å². The van der Waals surface area contributed by atoms with E-state index in [2.05, 4.69) is 5.32 Å². The monoisotopic (exact) mass is 611 g/mol. The first-order valence-corrected chi connectivity index (χ1v) is 16.1. The molecule has 0 unspecified atom stereocenters. The minimum atomic E-state index is -4.12. The van der Waals surface area contributed by atoms with Gasteiger partial charge in [0, 0.05) is 18.5 Å². The molecule has 44 heavy (non-hydrogen) atoms. The lowest BCUT2D eigenvalue weighted by atomic mass is 10.0. The number of amides is 2. The predicted molar refractivity (Wildman–Crippen MR) is 176 cm³/mol. The molecule has 1 N–H and O–H groups in total. The maximum Gasteiger partial charge on any atom is 0.264 e. The van der Waals surface area contributed by atoms with Crippen LogP contribution in [0.2, 0.25) is 0 Å². The van der Waals surface area contributed by atoms with E-state index in [1.165, 1.54) is 17.0 Å². The number of sulfonamides is 1. The molecule has 230 valence electrons. The maximum atomic E-state index is 14.5. The van der Waals surface area contributed by atoms with Crippen molar-refractivity contribution in [2.45, 2.75) is 64.1 Å². The molecule has 0 aliphatic carbocycles. The largest absolute Gasteiger partial charge is 0.350 e. The zero-order chi connectivity index (χ0) is 31.9. The van der Waals surface area contributed by atoms with E-state index in [9.17, 15) is 18.0 Å². The van der Waals surface area contributed by atoms with E-state index < -0.39 is 34.1 Å². The second-order valence-electron chi connectivity index (χ2n) is 12.1. The van der Waals surface area contributed by atoms with Gasteiger partial charge < -0.3 is 10.2 Å². The van der Waals surface area contributed by atoms with Gasteiger partial charge in [0.1, 0.15) is 12.6 Å². The van der Waals surface area contributed by atoms with Crippen LogP contribution in [0.4, 0.5) is 5.69 Å². The van der Waals surface area contributed by atoms with Crippen molar-refractivity contribution in [3.63, 3.8) is 0 Å². The van der Waals surface area contributed by atoms with Crippen molar-refractivity contribution >= 4 is 27.5 Å². The van der Waals surface area contributed by atoms with Gasteiger partial charge in [-0.25, -0.2) is 8.42 Å². The lowest BCUT2D eigenvalue weighted by Gasteiger charge is -2.35. The van der Waals surface area contributed by atoms with E-state index in [0.717, 1.165) is 26.6 Å². The van der Waals surface area contributed by atoms with Crippen LogP contribution in [0.15, 0.2) is 114 Å². The van der Waals surface area contributed by atoms with Gasteiger partial charge in [-0.2, -0.15) is 0 Å². The van der Waals surface area contributed by atoms with E-state index >= 15 is 0 Å². The van der Waals surface area contributed by atoms with E-state index in [-0.39, 0.29) is 23.8 Å². The van der Waals surface area contributed by atoms with Gasteiger partial charge in [0.25, 0.3) is 10.0 Å². The number of hydrogen-bond donors (Lipinski definition) is 1. The van der Waals surface area contributed by atoms with Crippen LogP contribution in [0.3, 0.4) is 0 Å². The van der Waals surface area contributed by atoms with Gasteiger partial charge >= 0.3 is 0 Å². The third-order valence-electron chi connectivity index (χ3n) is 7.17. The molecule has 0 saturated heterocycles. The zero-order valence-corrected chi connectivity index (χ0v) is 26.8. The van der Waals surface area contributed by atoms with Crippen molar-refractivity contribution in [3.8, 4) is 0 Å². The van der Waals surface area contributed by atoms with Crippen molar-refractivity contribution in [1.29, 1.82) is 0 Å². The molecule has 0 aliphatic heterocycles. The van der Waals surface area contributed by atoms with Gasteiger partial charge in [0.15, 0.2) is 0 Å². The summed E-state index contributed by atoms with van der Waals surface area (Å²) < 4.78 is 29.2. The van der Waals surface area contributed by atoms with E-state index in [0.29, 0.717) is 5.69 Å². The van der Waals surface area contributed by atoms with Crippen molar-refractivity contribution in [2.75, 3.05) is 10.8 Å². The molecular formula is C36H41N3O4S. The summed E-state index contributed by atoms with van der Waals surface area (Å²) in [6.07, 6.45) is 0.260. The number of anilines is 1. The van der Waals surface area contributed by atoms with E-state index in [1.807, 2.05) is 101 Å². The molecule has 0 aliphatic rings. The normalized spacial score (nSPS) is 12.3. The van der Waals surface area contributed by atoms with Gasteiger partial charge in [-0.1, -0.05) is 96.1 Å². The number of hydrogen-bond acceptors (Lipinski definition) is 4. The average molecular weight is 612 g/mol. The number of nitrogens with one attached hydrogen (secondary N) is 1. The first-order chi connectivity index (χ1) is 20.8. The van der Waals surface area contributed by atoms with Crippen molar-refractivity contribution in [2.24, 2.45) is 0 Å². The van der Waals surface area contributed by atoms with Gasteiger partial charge in [-0.15, -0.1) is 0 Å². The second kappa shape index (κ2) is 13.9. The molecular weight excluding hydrogens is 570 g/mol. The first-order valence-electron chi connectivity index (χ1n) is 14.7. The molecule has 8 heteroatoms. The Hall–Kier alpha value is -4.43. The van der Waals surface area contributed by atoms with E-state index in [4.69, 9.17) is 0 Å². The summed E-state index contributed by atoms with van der Waals surface area (Å²) in [4.78, 5) is 30.0. The fraction of sp³-hybridized carbons (Fsp3) is 0.278. The van der Waals surface area contributed by atoms with Gasteiger partial charge in [0.05, 0.1) is 10.6 Å². The van der Waals surface area contributed by atoms with Crippen molar-refractivity contribution < 1.29 is 18.0 Å². The number of benzene rings is 4. The fourth-order valence-corrected chi connectivity index (χ4v) is 6.29. The third kappa shape index (κ3) is 8.57. The summed E-state index contributed by atoms with van der Waals surface area (Å²) in [6.45, 7) is 9.21. The summed E-state index contributed by atoms with van der Waals surface area (Å²) in [5.41, 5.74) is 3.56. The topological polar surface area (TPSA) is 86.8 Å². The molecule has 1 atom stereocenters. The summed E-state index contributed by atoms with van der Waals surface area (Å²) in [7, 11) is -4.12. The smallest absolute Gasteiger partial charge is 0.264 e. The summed E-state index contributed by atoms with van der Waals surface area (Å²) in [6, 6.07) is 31.5. The highest BCUT2D eigenvalue weighted by molar-refractivity contribution is 7.92. The molecule has 4 rings (SSSR count). The molecule has 0 bridgehead atoms. The predicted octanol–water partition coefficient (Wildman–Crippen LogP) is 6.05. The molecule has 2 amide bonds. The van der Waals surface area contributed by atoms with Crippen LogP contribution in [-0.4, -0.2) is 43.3 Å². The van der Waals surface area contributed by atoms with E-state index in [1.54, 1.807) is 30.3 Å². The highest BCUT2D eigenvalue weighted by atomic mass is 32.2. The number of aryl methyl sites for hydroxylation is 2. The standard InChI is InChI=1S/C36H41N3O4S/c1-27-16-20-30(21-17-27)25-38(33(35(41)37-36(3,4)5)24-29-12-8-6-9-13-29)34(40)26-39(31-22-18-28(2)19-23-31)44(42,43)32-14-10-7-11-15-32/h6-23,33H,24-26H2,1-5H3,(H,37,41)/t33-/m0/s1. The molecule has 0 heterocycles. The van der Waals surface area contributed by atoms with Crippen LogP contribution in [0, 0.1) is 13.8 Å². The van der Waals surface area contributed by atoms with Crippen molar-refractivity contribution in [3.05, 3.63) is 131 Å². The number of nitrogens with zero attached hydrogens (tertiary/aromatic N) is 2. The molecule has 0 saturated carbocycles. The van der Waals surface area contributed by atoms with Crippen molar-refractivity contribution in [1.82, 2.24) is 10.2 Å². The third-order valence-corrected chi connectivity index (χ3v) is 8.96. The number of rotatable bonds is 11. The quantitative estimate of drug-likeness (QED) is 0.224. The van der Waals surface area contributed by atoms with Crippen LogP contribution in [-0.2, 0) is 32.6 Å². The molecule has 0 radical (unpaired) electrons. The van der Waals surface area contributed by atoms with Crippen LogP contribution in [0.5, 0.6) is 0 Å². The Morgan fingerprint density at radius 3 is 1.80 bits per heavy atom. The van der Waals surface area contributed by atoms with Crippen LogP contribution < -0.4 is 9.62 Å². The van der Waals surface area contributed by atoms with Gasteiger partial charge in [-0.3, -0.25) is 13.9 Å². The Bertz CT molecular complexity index is 1650. The minimum Gasteiger partial charge on any atom is -0.350 e. The number of carbonyl (C=O) groups excluding carboxylic acids is 2. The summed E-state index contributed by atoms with van der Waals surface area (Å²) >= 11 is 0. The minimum absolute atomic E-state index is 0.0739. The summed E-state index contributed by atoms with van der Waals surface area (Å²) in [5.74, 6) is -0.801. The Labute approximate surface area is 261 Å². The van der Waals surface area contributed by atoms with Gasteiger partial charge in [0.2, 0.25) is 11.8 Å². The average Bonchev–Trinajstić information content (AvgIpc) is 2.99. The molecule has 4 aromatic carbocycles. The Kier molecular flexibility index (Phi) is 10.3. The Balaban J connectivity index is 1.80. The highest BCUT2D eigenvalue weighted by Gasteiger charge is 2.35. The lowest BCUT2D eigenvalue weighted by molar-refractivity contribution is -0.140. The number of carbonyl (C=O) groups is 2. The molecule has 0 aromatic heterocycles. The lowest BCUT2D eigenvalue weighted by Crippen LogP contribution is -2.56. The van der Waals surface area contributed by atoms with Crippen LogP contribution in [0.25, 0.3) is 0 Å². The summed E-state index contributed by atoms with van der Waals surface area (Å²) in [5, 5.41) is 3.05. The second-order valence-corrected chi connectivity index (χ2v) is 14.0. The van der Waals surface area contributed by atoms with Crippen LogP contribution >= 0.6 is 0 Å². The SMILES string of the molecule is Cc1ccc(CN(C(=O)CN(c2ccc(C)cc2)S(=O)(=O)c2ccccc2)[C@@H](Cc2ccccc2)C(=O)NC(C)(C)C)cc1. The van der Waals surface area contributed by atoms with Gasteiger partial charge in [-0.05, 0) is 70.0 Å². The first kappa shape index (κ1) is 32.5. The Morgan fingerprint density at radius 2 is 1.25 bits per heavy atom. The molecule has 7 nitrogen and oxygen atoms in total. The molecule has 4 aromatic rings. The maximum absolute atomic E-state index is 14.5. The molecule has 0 spiro atoms.